The van der Waals surface area contributed by atoms with E-state index >= 15 is 0 Å². The van der Waals surface area contributed by atoms with Gasteiger partial charge in [-0.25, -0.2) is 0 Å². The Labute approximate surface area is 119 Å². The lowest BCUT2D eigenvalue weighted by atomic mass is 10.1. The van der Waals surface area contributed by atoms with Crippen LogP contribution in [0.1, 0.15) is 24.3 Å². The first kappa shape index (κ1) is 15.4. The SMILES string of the molecule is CSCCC(C)N(C)C(=O)C(Cl)c1ccccc1. The highest BCUT2D eigenvalue weighted by Gasteiger charge is 2.24. The maximum Gasteiger partial charge on any atom is 0.245 e. The molecule has 0 radical (unpaired) electrons. The lowest BCUT2D eigenvalue weighted by Gasteiger charge is -2.27. The van der Waals surface area contributed by atoms with Crippen molar-refractivity contribution in [1.82, 2.24) is 4.90 Å². The number of thioether (sulfide) groups is 1. The van der Waals surface area contributed by atoms with Crippen molar-refractivity contribution >= 4 is 29.3 Å². The number of hydrogen-bond donors (Lipinski definition) is 0. The molecule has 0 spiro atoms. The summed E-state index contributed by atoms with van der Waals surface area (Å²) in [6, 6.07) is 9.70. The molecule has 1 aromatic carbocycles. The van der Waals surface area contributed by atoms with Crippen molar-refractivity contribution in [3.05, 3.63) is 35.9 Å². The summed E-state index contributed by atoms with van der Waals surface area (Å²) in [4.78, 5) is 14.0. The first-order valence-corrected chi connectivity index (χ1v) is 7.85. The maximum atomic E-state index is 12.2. The maximum absolute atomic E-state index is 12.2. The first-order valence-electron chi connectivity index (χ1n) is 6.02. The van der Waals surface area contributed by atoms with Gasteiger partial charge in [-0.15, -0.1) is 11.6 Å². The molecule has 0 saturated heterocycles. The summed E-state index contributed by atoms with van der Waals surface area (Å²) in [5.74, 6) is 1.02. The number of carbonyl (C=O) groups excluding carboxylic acids is 1. The van der Waals surface area contributed by atoms with Gasteiger partial charge in [-0.3, -0.25) is 4.79 Å². The highest BCUT2D eigenvalue weighted by molar-refractivity contribution is 7.98. The van der Waals surface area contributed by atoms with E-state index in [2.05, 4.69) is 13.2 Å². The van der Waals surface area contributed by atoms with Crippen molar-refractivity contribution in [3.63, 3.8) is 0 Å². The second-order valence-corrected chi connectivity index (χ2v) is 5.77. The Balaban J connectivity index is 2.63. The normalized spacial score (nSPS) is 14.0. The van der Waals surface area contributed by atoms with Gasteiger partial charge in [0.15, 0.2) is 0 Å². The molecule has 0 aliphatic carbocycles. The number of carbonyl (C=O) groups is 1. The monoisotopic (exact) mass is 285 g/mol. The number of likely N-dealkylation sites (N-methyl/N-ethyl adjacent to an activating group) is 1. The third-order valence-electron chi connectivity index (χ3n) is 3.06. The van der Waals surface area contributed by atoms with E-state index in [0.29, 0.717) is 0 Å². The predicted octanol–water partition coefficient (Wildman–Crippen LogP) is 3.57. The molecule has 0 aliphatic heterocycles. The minimum absolute atomic E-state index is 0.0310. The average molecular weight is 286 g/mol. The Morgan fingerprint density at radius 2 is 2.00 bits per heavy atom. The molecule has 0 aromatic heterocycles. The summed E-state index contributed by atoms with van der Waals surface area (Å²) >= 11 is 8.03. The van der Waals surface area contributed by atoms with Crippen LogP contribution in [0.5, 0.6) is 0 Å². The van der Waals surface area contributed by atoms with Crippen LogP contribution in [0.15, 0.2) is 30.3 Å². The average Bonchev–Trinajstić information content (AvgIpc) is 2.43. The predicted molar refractivity (Wildman–Crippen MR) is 80.3 cm³/mol. The van der Waals surface area contributed by atoms with Crippen molar-refractivity contribution in [1.29, 1.82) is 0 Å². The van der Waals surface area contributed by atoms with Crippen LogP contribution in [-0.4, -0.2) is 35.9 Å². The van der Waals surface area contributed by atoms with Gasteiger partial charge in [0.2, 0.25) is 5.91 Å². The van der Waals surface area contributed by atoms with Crippen LogP contribution >= 0.6 is 23.4 Å². The van der Waals surface area contributed by atoms with Crippen LogP contribution < -0.4 is 0 Å². The quantitative estimate of drug-likeness (QED) is 0.745. The second-order valence-electron chi connectivity index (χ2n) is 4.35. The lowest BCUT2D eigenvalue weighted by Crippen LogP contribution is -2.37. The summed E-state index contributed by atoms with van der Waals surface area (Å²) in [6.45, 7) is 2.06. The molecule has 0 fully saturated rings. The van der Waals surface area contributed by atoms with Crippen molar-refractivity contribution in [2.75, 3.05) is 19.1 Å². The summed E-state index contributed by atoms with van der Waals surface area (Å²) in [6.07, 6.45) is 3.06. The molecule has 2 atom stereocenters. The Hall–Kier alpha value is -0.670. The molecule has 0 heterocycles. The Morgan fingerprint density at radius 1 is 1.39 bits per heavy atom. The van der Waals surface area contributed by atoms with E-state index in [9.17, 15) is 4.79 Å². The molecule has 0 N–H and O–H groups in total. The van der Waals surface area contributed by atoms with Crippen molar-refractivity contribution in [2.45, 2.75) is 24.8 Å². The third-order valence-corrected chi connectivity index (χ3v) is 4.14. The van der Waals surface area contributed by atoms with Gasteiger partial charge in [0.1, 0.15) is 5.38 Å². The summed E-state index contributed by atoms with van der Waals surface area (Å²) < 4.78 is 0. The lowest BCUT2D eigenvalue weighted by molar-refractivity contribution is -0.131. The smallest absolute Gasteiger partial charge is 0.245 e. The van der Waals surface area contributed by atoms with Crippen molar-refractivity contribution < 1.29 is 4.79 Å². The minimum atomic E-state index is -0.590. The summed E-state index contributed by atoms with van der Waals surface area (Å²) in [7, 11) is 1.83. The van der Waals surface area contributed by atoms with E-state index in [4.69, 9.17) is 11.6 Å². The fourth-order valence-corrected chi connectivity index (χ4v) is 2.52. The molecular formula is C14H20ClNOS. The molecule has 18 heavy (non-hydrogen) atoms. The number of benzene rings is 1. The van der Waals surface area contributed by atoms with Crippen LogP contribution in [0.2, 0.25) is 0 Å². The Morgan fingerprint density at radius 3 is 2.56 bits per heavy atom. The highest BCUT2D eigenvalue weighted by Crippen LogP contribution is 2.23. The molecule has 2 unspecified atom stereocenters. The van der Waals surface area contributed by atoms with Crippen LogP contribution in [0.25, 0.3) is 0 Å². The molecule has 1 rings (SSSR count). The minimum Gasteiger partial charge on any atom is -0.341 e. The fraction of sp³-hybridized carbons (Fsp3) is 0.500. The van der Waals surface area contributed by atoms with E-state index in [1.165, 1.54) is 0 Å². The molecule has 4 heteroatoms. The van der Waals surface area contributed by atoms with Crippen LogP contribution in [0.4, 0.5) is 0 Å². The van der Waals surface area contributed by atoms with Crippen molar-refractivity contribution in [2.24, 2.45) is 0 Å². The van der Waals surface area contributed by atoms with Gasteiger partial charge in [0, 0.05) is 13.1 Å². The van der Waals surface area contributed by atoms with E-state index in [1.807, 2.05) is 37.4 Å². The number of hydrogen-bond acceptors (Lipinski definition) is 2. The zero-order valence-electron chi connectivity index (χ0n) is 11.1. The Bertz CT molecular complexity index is 371. The van der Waals surface area contributed by atoms with Gasteiger partial charge in [0.25, 0.3) is 0 Å². The molecule has 0 bridgehead atoms. The highest BCUT2D eigenvalue weighted by atomic mass is 35.5. The van der Waals surface area contributed by atoms with Gasteiger partial charge in [0.05, 0.1) is 0 Å². The van der Waals surface area contributed by atoms with Crippen LogP contribution in [-0.2, 0) is 4.79 Å². The molecule has 1 aromatic rings. The molecule has 0 aliphatic rings. The van der Waals surface area contributed by atoms with Gasteiger partial charge in [-0.2, -0.15) is 11.8 Å². The molecule has 2 nitrogen and oxygen atoms in total. The van der Waals surface area contributed by atoms with E-state index in [1.54, 1.807) is 16.7 Å². The van der Waals surface area contributed by atoms with Gasteiger partial charge < -0.3 is 4.90 Å². The van der Waals surface area contributed by atoms with Crippen LogP contribution in [0, 0.1) is 0 Å². The van der Waals surface area contributed by atoms with E-state index < -0.39 is 5.38 Å². The fourth-order valence-electron chi connectivity index (χ4n) is 1.64. The van der Waals surface area contributed by atoms with E-state index in [-0.39, 0.29) is 11.9 Å². The standard InChI is InChI=1S/C14H20ClNOS/c1-11(9-10-18-3)16(2)14(17)13(15)12-7-5-4-6-8-12/h4-8,11,13H,9-10H2,1-3H3. The second kappa shape index (κ2) is 7.70. The molecule has 0 saturated carbocycles. The third kappa shape index (κ3) is 4.21. The first-order chi connectivity index (χ1) is 8.57. The largest absolute Gasteiger partial charge is 0.341 e. The molecular weight excluding hydrogens is 266 g/mol. The van der Waals surface area contributed by atoms with E-state index in [0.717, 1.165) is 17.7 Å². The van der Waals surface area contributed by atoms with Gasteiger partial charge in [-0.05, 0) is 30.9 Å². The summed E-state index contributed by atoms with van der Waals surface area (Å²) in [5.41, 5.74) is 0.855. The summed E-state index contributed by atoms with van der Waals surface area (Å²) in [5, 5.41) is -0.590. The zero-order valence-corrected chi connectivity index (χ0v) is 12.7. The van der Waals surface area contributed by atoms with Gasteiger partial charge in [-0.1, -0.05) is 30.3 Å². The molecule has 1 amide bonds. The number of halogens is 1. The number of rotatable bonds is 6. The molecule has 100 valence electrons. The Kier molecular flexibility index (Phi) is 6.58. The van der Waals surface area contributed by atoms with Crippen molar-refractivity contribution in [3.8, 4) is 0 Å². The van der Waals surface area contributed by atoms with Crippen LogP contribution in [0.3, 0.4) is 0 Å². The number of amides is 1. The van der Waals surface area contributed by atoms with Gasteiger partial charge >= 0.3 is 0 Å². The zero-order chi connectivity index (χ0) is 13.5. The number of nitrogens with zero attached hydrogens (tertiary/aromatic N) is 1. The topological polar surface area (TPSA) is 20.3 Å². The number of alkyl halides is 1.